The fraction of sp³-hybridized carbons (Fsp3) is 0.250. The SMILES string of the molecule is CCOC(=O)c1cnc2sc3c(NC(C)=O)c(Oc4ccc([N+](=O)[O-])cc4)c(NC(C)=O)cc3n12.CS(=O)(=O)O.CS(=O)(=O)O. The van der Waals surface area contributed by atoms with Crippen LogP contribution in [0.4, 0.5) is 17.1 Å². The standard InChI is InChI=1S/C22H19N5O7S.2CH4O3S/c1-4-33-21(30)17-10-23-22-26(17)16-9-15(24-11(2)28)19(18(20(16)35-22)25-12(3)29)34-14-7-5-13(6-8-14)27(31)32;2*1-5(2,3)4/h5-10H,4H2,1-3H3,(H,24,28)(H,25,29);2*1H3,(H,2,3,4). The second-order valence-corrected chi connectivity index (χ2v) is 12.7. The van der Waals surface area contributed by atoms with Crippen LogP contribution in [0.2, 0.25) is 0 Å². The zero-order chi connectivity index (χ0) is 34.3. The lowest BCUT2D eigenvalue weighted by Gasteiger charge is -2.17. The number of hydrogen-bond donors (Lipinski definition) is 4. The monoisotopic (exact) mass is 689 g/mol. The third kappa shape index (κ3) is 11.4. The third-order valence-corrected chi connectivity index (χ3v) is 5.83. The Balaban J connectivity index is 0.000000613. The molecule has 0 bridgehead atoms. The topological polar surface area (TPSA) is 263 Å². The quantitative estimate of drug-likeness (QED) is 0.0938. The first kappa shape index (κ1) is 36.5. The van der Waals surface area contributed by atoms with E-state index in [0.717, 1.165) is 0 Å². The molecule has 0 atom stereocenters. The molecule has 0 saturated carbocycles. The van der Waals surface area contributed by atoms with E-state index in [0.29, 0.717) is 27.7 Å². The van der Waals surface area contributed by atoms with E-state index >= 15 is 0 Å². The molecule has 0 fully saturated rings. The number of ether oxygens (including phenoxy) is 2. The second kappa shape index (κ2) is 14.9. The molecule has 0 saturated heterocycles. The lowest BCUT2D eigenvalue weighted by Crippen LogP contribution is -2.12. The summed E-state index contributed by atoms with van der Waals surface area (Å²) in [6.45, 7) is 4.49. The van der Waals surface area contributed by atoms with Crippen LogP contribution in [0.1, 0.15) is 31.3 Å². The van der Waals surface area contributed by atoms with Crippen molar-refractivity contribution in [1.82, 2.24) is 9.38 Å². The number of aromatic nitrogens is 2. The molecule has 0 spiro atoms. The van der Waals surface area contributed by atoms with Gasteiger partial charge in [0.05, 0.1) is 46.1 Å². The van der Waals surface area contributed by atoms with Crippen LogP contribution in [-0.2, 0) is 34.6 Å². The van der Waals surface area contributed by atoms with Crippen molar-refractivity contribution >= 4 is 81.6 Å². The minimum Gasteiger partial charge on any atom is -0.461 e. The summed E-state index contributed by atoms with van der Waals surface area (Å²) < 4.78 is 65.0. The zero-order valence-electron chi connectivity index (χ0n) is 24.1. The van der Waals surface area contributed by atoms with E-state index in [1.807, 2.05) is 0 Å². The zero-order valence-corrected chi connectivity index (χ0v) is 26.6. The number of imidazole rings is 1. The van der Waals surface area contributed by atoms with Crippen molar-refractivity contribution < 1.29 is 54.7 Å². The number of nitrogens with one attached hydrogen (secondary N) is 2. The first-order valence-electron chi connectivity index (χ1n) is 12.2. The summed E-state index contributed by atoms with van der Waals surface area (Å²) in [7, 11) is -7.33. The smallest absolute Gasteiger partial charge is 0.357 e. The van der Waals surface area contributed by atoms with E-state index in [-0.39, 0.29) is 40.9 Å². The van der Waals surface area contributed by atoms with Crippen molar-refractivity contribution in [3.05, 3.63) is 52.3 Å². The molecule has 2 aromatic heterocycles. The molecule has 244 valence electrons. The molecule has 2 amide bonds. The van der Waals surface area contributed by atoms with E-state index in [1.54, 1.807) is 17.4 Å². The molecule has 0 aliphatic carbocycles. The highest BCUT2D eigenvalue weighted by Crippen LogP contribution is 2.46. The van der Waals surface area contributed by atoms with Crippen LogP contribution in [0.5, 0.6) is 11.5 Å². The lowest BCUT2D eigenvalue weighted by atomic mass is 10.2. The normalized spacial score (nSPS) is 11.0. The number of benzene rings is 2. The molecule has 18 nitrogen and oxygen atoms in total. The highest BCUT2D eigenvalue weighted by Gasteiger charge is 2.25. The van der Waals surface area contributed by atoms with Gasteiger partial charge in [-0.05, 0) is 25.1 Å². The molecule has 4 rings (SSSR count). The number of amides is 2. The van der Waals surface area contributed by atoms with E-state index in [1.165, 1.54) is 55.6 Å². The summed E-state index contributed by atoms with van der Waals surface area (Å²) in [5.41, 5.74) is 0.981. The van der Waals surface area contributed by atoms with Crippen molar-refractivity contribution in [1.29, 1.82) is 0 Å². The van der Waals surface area contributed by atoms with E-state index < -0.39 is 42.9 Å². The highest BCUT2D eigenvalue weighted by atomic mass is 32.2. The van der Waals surface area contributed by atoms with Gasteiger partial charge in [-0.2, -0.15) is 16.8 Å². The number of hydrogen-bond acceptors (Lipinski definition) is 13. The van der Waals surface area contributed by atoms with Gasteiger partial charge in [0.1, 0.15) is 11.4 Å². The van der Waals surface area contributed by atoms with Gasteiger partial charge in [0.15, 0.2) is 16.4 Å². The van der Waals surface area contributed by atoms with Gasteiger partial charge in [0, 0.05) is 26.0 Å². The number of esters is 1. The van der Waals surface area contributed by atoms with Gasteiger partial charge in [-0.25, -0.2) is 9.78 Å². The van der Waals surface area contributed by atoms with Crippen molar-refractivity contribution in [2.45, 2.75) is 20.8 Å². The van der Waals surface area contributed by atoms with Crippen molar-refractivity contribution in [3.8, 4) is 11.5 Å². The summed E-state index contributed by atoms with van der Waals surface area (Å²) >= 11 is 1.19. The van der Waals surface area contributed by atoms with Gasteiger partial charge < -0.3 is 20.1 Å². The maximum atomic E-state index is 12.5. The Bertz CT molecular complexity index is 1920. The number of fused-ring (bicyclic) bond motifs is 3. The highest BCUT2D eigenvalue weighted by molar-refractivity contribution is 7.85. The summed E-state index contributed by atoms with van der Waals surface area (Å²) in [6.07, 6.45) is 2.82. The number of carbonyl (C=O) groups excluding carboxylic acids is 3. The number of nitro benzene ring substituents is 1. The molecule has 0 aliphatic rings. The summed E-state index contributed by atoms with van der Waals surface area (Å²) in [4.78, 5) is 51.8. The number of carbonyl (C=O) groups is 3. The predicted octanol–water partition coefficient (Wildman–Crippen LogP) is 3.35. The van der Waals surface area contributed by atoms with Crippen LogP contribution in [0.3, 0.4) is 0 Å². The molecular formula is C24H27N5O13S3. The van der Waals surface area contributed by atoms with Crippen molar-refractivity contribution in [2.75, 3.05) is 29.8 Å². The van der Waals surface area contributed by atoms with Crippen molar-refractivity contribution in [3.63, 3.8) is 0 Å². The maximum absolute atomic E-state index is 12.5. The molecule has 4 aromatic rings. The van der Waals surface area contributed by atoms with Gasteiger partial charge in [0.25, 0.3) is 25.9 Å². The van der Waals surface area contributed by atoms with Crippen molar-refractivity contribution in [2.24, 2.45) is 0 Å². The summed E-state index contributed by atoms with van der Waals surface area (Å²) in [6, 6.07) is 6.94. The Morgan fingerprint density at radius 3 is 2.02 bits per heavy atom. The number of non-ortho nitro benzene ring substituents is 1. The number of nitrogens with zero attached hydrogens (tertiary/aromatic N) is 3. The summed E-state index contributed by atoms with van der Waals surface area (Å²) in [5.74, 6) is -1.04. The molecule has 21 heteroatoms. The Morgan fingerprint density at radius 2 is 1.56 bits per heavy atom. The van der Waals surface area contributed by atoms with Crippen LogP contribution < -0.4 is 15.4 Å². The molecular weight excluding hydrogens is 662 g/mol. The molecule has 0 radical (unpaired) electrons. The Hall–Kier alpha value is -4.70. The van der Waals surface area contributed by atoms with Gasteiger partial charge in [-0.3, -0.25) is 33.2 Å². The fourth-order valence-corrected chi connectivity index (χ4v) is 4.49. The average Bonchev–Trinajstić information content (AvgIpc) is 3.44. The minimum atomic E-state index is -3.67. The summed E-state index contributed by atoms with van der Waals surface area (Å²) in [5, 5.41) is 16.4. The van der Waals surface area contributed by atoms with Gasteiger partial charge in [0.2, 0.25) is 11.8 Å². The first-order valence-corrected chi connectivity index (χ1v) is 16.7. The van der Waals surface area contributed by atoms with Gasteiger partial charge in [-0.15, -0.1) is 0 Å². The van der Waals surface area contributed by atoms with E-state index in [9.17, 15) is 41.3 Å². The Kier molecular flexibility index (Phi) is 12.0. The molecule has 0 unspecified atom stereocenters. The number of anilines is 2. The van der Waals surface area contributed by atoms with Crippen LogP contribution in [0.15, 0.2) is 36.5 Å². The van der Waals surface area contributed by atoms with Crippen LogP contribution >= 0.6 is 11.3 Å². The lowest BCUT2D eigenvalue weighted by molar-refractivity contribution is -0.384. The molecule has 2 heterocycles. The second-order valence-electron chi connectivity index (χ2n) is 8.74. The molecule has 0 aliphatic heterocycles. The predicted molar refractivity (Wildman–Crippen MR) is 163 cm³/mol. The number of thiazole rings is 1. The van der Waals surface area contributed by atoms with Gasteiger partial charge >= 0.3 is 5.97 Å². The van der Waals surface area contributed by atoms with E-state index in [2.05, 4.69) is 15.6 Å². The van der Waals surface area contributed by atoms with Gasteiger partial charge in [-0.1, -0.05) is 11.3 Å². The average molecular weight is 690 g/mol. The van der Waals surface area contributed by atoms with Crippen LogP contribution in [-0.4, -0.2) is 77.2 Å². The largest absolute Gasteiger partial charge is 0.461 e. The number of rotatable bonds is 7. The molecule has 4 N–H and O–H groups in total. The maximum Gasteiger partial charge on any atom is 0.357 e. The molecule has 45 heavy (non-hydrogen) atoms. The van der Waals surface area contributed by atoms with Crippen LogP contribution in [0.25, 0.3) is 15.2 Å². The Morgan fingerprint density at radius 1 is 1.02 bits per heavy atom. The Labute approximate surface area is 259 Å². The number of nitro groups is 1. The fourth-order valence-electron chi connectivity index (χ4n) is 3.41. The minimum absolute atomic E-state index is 0.110. The van der Waals surface area contributed by atoms with Crippen LogP contribution in [0, 0.1) is 10.1 Å². The first-order chi connectivity index (χ1) is 20.7. The molecule has 2 aromatic carbocycles. The third-order valence-electron chi connectivity index (χ3n) is 4.74. The van der Waals surface area contributed by atoms with E-state index in [4.69, 9.17) is 18.6 Å².